The number of rotatable bonds is 11. The first kappa shape index (κ1) is 27.8. The average Bonchev–Trinajstić information content (AvgIpc) is 3.44. The second-order valence-corrected chi connectivity index (χ2v) is 10.3. The highest BCUT2D eigenvalue weighted by atomic mass is 35.5. The van der Waals surface area contributed by atoms with Crippen molar-refractivity contribution in [2.24, 2.45) is 0 Å². The van der Waals surface area contributed by atoms with Crippen LogP contribution in [-0.4, -0.2) is 42.5 Å². The van der Waals surface area contributed by atoms with Crippen LogP contribution in [0, 0.1) is 0 Å². The lowest BCUT2D eigenvalue weighted by molar-refractivity contribution is -0.143. The molecule has 0 saturated heterocycles. The lowest BCUT2D eigenvalue weighted by Gasteiger charge is -2.32. The SMILES string of the molecule is COc1ccc(OCC(=O)N(Cc2ccc(Cl)cc2Cl)[C@@H](Cc2ccccc2)C(=O)NC2CCCC2)cc1. The van der Waals surface area contributed by atoms with Crippen LogP contribution in [0.4, 0.5) is 0 Å². The van der Waals surface area contributed by atoms with Crippen molar-refractivity contribution in [2.75, 3.05) is 13.7 Å². The van der Waals surface area contributed by atoms with E-state index in [0.717, 1.165) is 31.2 Å². The predicted molar refractivity (Wildman–Crippen MR) is 150 cm³/mol. The number of halogens is 2. The fraction of sp³-hybridized carbons (Fsp3) is 0.333. The second-order valence-electron chi connectivity index (χ2n) is 9.42. The summed E-state index contributed by atoms with van der Waals surface area (Å²) in [6, 6.07) is 21.2. The molecule has 0 bridgehead atoms. The summed E-state index contributed by atoms with van der Waals surface area (Å²) in [6.45, 7) is -0.101. The molecule has 0 spiro atoms. The van der Waals surface area contributed by atoms with Crippen molar-refractivity contribution in [2.45, 2.75) is 50.7 Å². The van der Waals surface area contributed by atoms with E-state index in [9.17, 15) is 9.59 Å². The Kier molecular flexibility index (Phi) is 9.91. The number of methoxy groups -OCH3 is 1. The van der Waals surface area contributed by atoms with Crippen molar-refractivity contribution in [3.63, 3.8) is 0 Å². The predicted octanol–water partition coefficient (Wildman–Crippen LogP) is 6.08. The summed E-state index contributed by atoms with van der Waals surface area (Å²) in [5.74, 6) is 0.714. The van der Waals surface area contributed by atoms with Gasteiger partial charge in [-0.1, -0.05) is 72.4 Å². The molecule has 1 atom stereocenters. The van der Waals surface area contributed by atoms with Gasteiger partial charge in [0.05, 0.1) is 7.11 Å². The van der Waals surface area contributed by atoms with Crippen LogP contribution in [0.15, 0.2) is 72.8 Å². The summed E-state index contributed by atoms with van der Waals surface area (Å²) in [6.07, 6.45) is 4.43. The van der Waals surface area contributed by atoms with Crippen molar-refractivity contribution in [3.05, 3.63) is 94.0 Å². The molecule has 8 heteroatoms. The largest absolute Gasteiger partial charge is 0.497 e. The molecule has 1 N–H and O–H groups in total. The third kappa shape index (κ3) is 7.65. The number of benzene rings is 3. The number of nitrogens with zero attached hydrogens (tertiary/aromatic N) is 1. The molecular formula is C30H32Cl2N2O4. The molecular weight excluding hydrogens is 523 g/mol. The molecule has 200 valence electrons. The van der Waals surface area contributed by atoms with Crippen molar-refractivity contribution < 1.29 is 19.1 Å². The van der Waals surface area contributed by atoms with Crippen molar-refractivity contribution >= 4 is 35.0 Å². The number of hydrogen-bond donors (Lipinski definition) is 1. The normalized spacial score (nSPS) is 14.1. The Balaban J connectivity index is 1.62. The maximum absolute atomic E-state index is 13.7. The summed E-state index contributed by atoms with van der Waals surface area (Å²) in [7, 11) is 1.59. The van der Waals surface area contributed by atoms with E-state index >= 15 is 0 Å². The number of carbonyl (C=O) groups excluding carboxylic acids is 2. The van der Waals surface area contributed by atoms with Gasteiger partial charge >= 0.3 is 0 Å². The Hall–Kier alpha value is -3.22. The molecule has 38 heavy (non-hydrogen) atoms. The molecule has 6 nitrogen and oxygen atoms in total. The van der Waals surface area contributed by atoms with Crippen molar-refractivity contribution in [3.8, 4) is 11.5 Å². The number of amides is 2. The smallest absolute Gasteiger partial charge is 0.261 e. The maximum atomic E-state index is 13.7. The number of nitrogens with one attached hydrogen (secondary N) is 1. The number of carbonyl (C=O) groups is 2. The van der Waals surface area contributed by atoms with Gasteiger partial charge in [0.2, 0.25) is 5.91 Å². The third-order valence-electron chi connectivity index (χ3n) is 6.75. The standard InChI is InChI=1S/C30H32Cl2N2O4/c1-37-25-13-15-26(16-14-25)38-20-29(35)34(19-22-11-12-23(31)18-27(22)32)28(17-21-7-3-2-4-8-21)30(36)33-24-9-5-6-10-24/h2-4,7-8,11-16,18,24,28H,5-6,9-10,17,19-20H2,1H3,(H,33,36)/t28-/m0/s1. The first-order chi connectivity index (χ1) is 18.4. The zero-order valence-electron chi connectivity index (χ0n) is 21.4. The molecule has 0 aromatic heterocycles. The highest BCUT2D eigenvalue weighted by Crippen LogP contribution is 2.25. The van der Waals surface area contributed by atoms with E-state index in [1.165, 1.54) is 0 Å². The Morgan fingerprint density at radius 2 is 1.66 bits per heavy atom. The Labute approximate surface area is 233 Å². The highest BCUT2D eigenvalue weighted by Gasteiger charge is 2.32. The Morgan fingerprint density at radius 3 is 2.32 bits per heavy atom. The Morgan fingerprint density at radius 1 is 0.974 bits per heavy atom. The zero-order chi connectivity index (χ0) is 26.9. The monoisotopic (exact) mass is 554 g/mol. The van der Waals surface area contributed by atoms with Crippen LogP contribution in [-0.2, 0) is 22.6 Å². The van der Waals surface area contributed by atoms with Gasteiger partial charge < -0.3 is 19.7 Å². The molecule has 1 fully saturated rings. The topological polar surface area (TPSA) is 67.9 Å². The van der Waals surface area contributed by atoms with E-state index < -0.39 is 6.04 Å². The van der Waals surface area contributed by atoms with Gasteiger partial charge in [0.15, 0.2) is 6.61 Å². The molecule has 1 saturated carbocycles. The van der Waals surface area contributed by atoms with Crippen LogP contribution >= 0.6 is 23.2 Å². The third-order valence-corrected chi connectivity index (χ3v) is 7.34. The second kappa shape index (κ2) is 13.5. The van der Waals surface area contributed by atoms with E-state index in [1.807, 2.05) is 30.3 Å². The summed E-state index contributed by atoms with van der Waals surface area (Å²) in [4.78, 5) is 29.0. The van der Waals surface area contributed by atoms with Crippen molar-refractivity contribution in [1.82, 2.24) is 10.2 Å². The van der Waals surface area contributed by atoms with Gasteiger partial charge in [-0.3, -0.25) is 9.59 Å². The van der Waals surface area contributed by atoms with E-state index in [0.29, 0.717) is 33.5 Å². The molecule has 3 aromatic rings. The van der Waals surface area contributed by atoms with Crippen LogP contribution in [0.25, 0.3) is 0 Å². The number of hydrogen-bond acceptors (Lipinski definition) is 4. The fourth-order valence-electron chi connectivity index (χ4n) is 4.65. The lowest BCUT2D eigenvalue weighted by Crippen LogP contribution is -2.53. The van der Waals surface area contributed by atoms with Crippen molar-refractivity contribution in [1.29, 1.82) is 0 Å². The summed E-state index contributed by atoms with van der Waals surface area (Å²) in [5, 5.41) is 4.12. The minimum Gasteiger partial charge on any atom is -0.497 e. The van der Waals surface area contributed by atoms with Crippen LogP contribution in [0.2, 0.25) is 10.0 Å². The van der Waals surface area contributed by atoms with Gasteiger partial charge in [0.1, 0.15) is 17.5 Å². The summed E-state index contributed by atoms with van der Waals surface area (Å²) >= 11 is 12.6. The fourth-order valence-corrected chi connectivity index (χ4v) is 5.12. The van der Waals surface area contributed by atoms with Crippen LogP contribution in [0.5, 0.6) is 11.5 Å². The maximum Gasteiger partial charge on any atom is 0.261 e. The Bertz CT molecular complexity index is 1210. The first-order valence-corrected chi connectivity index (χ1v) is 13.5. The summed E-state index contributed by atoms with van der Waals surface area (Å²) in [5.41, 5.74) is 1.65. The molecule has 2 amide bonds. The van der Waals surface area contributed by atoms with E-state index in [2.05, 4.69) is 5.32 Å². The molecule has 0 unspecified atom stereocenters. The molecule has 1 aliphatic rings. The van der Waals surface area contributed by atoms with Gasteiger partial charge in [-0.25, -0.2) is 0 Å². The molecule has 0 radical (unpaired) electrons. The van der Waals surface area contributed by atoms with Gasteiger partial charge in [0.25, 0.3) is 5.91 Å². The van der Waals surface area contributed by atoms with Crippen LogP contribution in [0.3, 0.4) is 0 Å². The number of ether oxygens (including phenoxy) is 2. The molecule has 3 aromatic carbocycles. The van der Waals surface area contributed by atoms with E-state index in [4.69, 9.17) is 32.7 Å². The van der Waals surface area contributed by atoms with Crippen LogP contribution < -0.4 is 14.8 Å². The summed E-state index contributed by atoms with van der Waals surface area (Å²) < 4.78 is 11.0. The first-order valence-electron chi connectivity index (χ1n) is 12.8. The highest BCUT2D eigenvalue weighted by molar-refractivity contribution is 6.35. The van der Waals surface area contributed by atoms with Crippen LogP contribution in [0.1, 0.15) is 36.8 Å². The quantitative estimate of drug-likeness (QED) is 0.312. The molecule has 0 heterocycles. The lowest BCUT2D eigenvalue weighted by atomic mass is 10.0. The minimum atomic E-state index is -0.753. The molecule has 1 aliphatic carbocycles. The van der Waals surface area contributed by atoms with E-state index in [-0.39, 0.29) is 31.0 Å². The van der Waals surface area contributed by atoms with E-state index in [1.54, 1.807) is 54.5 Å². The molecule has 4 rings (SSSR count). The molecule has 0 aliphatic heterocycles. The zero-order valence-corrected chi connectivity index (χ0v) is 22.9. The van der Waals surface area contributed by atoms with Gasteiger partial charge in [-0.2, -0.15) is 0 Å². The van der Waals surface area contributed by atoms with Gasteiger partial charge in [-0.05, 0) is 60.4 Å². The minimum absolute atomic E-state index is 0.118. The van der Waals surface area contributed by atoms with Gasteiger partial charge in [-0.15, -0.1) is 0 Å². The average molecular weight is 556 g/mol. The van der Waals surface area contributed by atoms with Gasteiger partial charge in [0, 0.05) is 29.1 Å².